The summed E-state index contributed by atoms with van der Waals surface area (Å²) in [6.45, 7) is 7.45. The number of hydrogen-bond acceptors (Lipinski definition) is 3. The minimum absolute atomic E-state index is 0.0694. The number of amides is 2. The second kappa shape index (κ2) is 8.52. The van der Waals surface area contributed by atoms with Crippen molar-refractivity contribution in [1.29, 1.82) is 0 Å². The molecule has 2 amide bonds. The average molecular weight is 364 g/mol. The molecular formula is C20H29FN2O3. The van der Waals surface area contributed by atoms with Crippen LogP contribution in [0.3, 0.4) is 0 Å². The summed E-state index contributed by atoms with van der Waals surface area (Å²) in [4.78, 5) is 27.8. The Bertz CT molecular complexity index is 634. The highest BCUT2D eigenvalue weighted by Gasteiger charge is 2.28. The molecule has 1 saturated heterocycles. The van der Waals surface area contributed by atoms with Gasteiger partial charge in [-0.15, -0.1) is 0 Å². The average Bonchev–Trinajstić information content (AvgIpc) is 2.56. The van der Waals surface area contributed by atoms with Crippen molar-refractivity contribution in [1.82, 2.24) is 9.80 Å². The third kappa shape index (κ3) is 6.00. The lowest BCUT2D eigenvalue weighted by atomic mass is 9.96. The van der Waals surface area contributed by atoms with Crippen LogP contribution in [0.5, 0.6) is 0 Å². The summed E-state index contributed by atoms with van der Waals surface area (Å²) in [7, 11) is 1.75. The molecule has 1 aliphatic rings. The molecule has 1 fully saturated rings. The Morgan fingerprint density at radius 1 is 1.23 bits per heavy atom. The number of benzene rings is 1. The fourth-order valence-corrected chi connectivity index (χ4v) is 3.05. The zero-order valence-electron chi connectivity index (χ0n) is 16.1. The number of ether oxygens (including phenoxy) is 1. The maximum absolute atomic E-state index is 13.7. The molecule has 0 radical (unpaired) electrons. The Hall–Kier alpha value is -2.11. The molecule has 0 aliphatic carbocycles. The fourth-order valence-electron chi connectivity index (χ4n) is 3.05. The van der Waals surface area contributed by atoms with E-state index in [0.717, 1.165) is 12.8 Å². The van der Waals surface area contributed by atoms with Gasteiger partial charge in [-0.1, -0.05) is 18.2 Å². The maximum Gasteiger partial charge on any atom is 0.410 e. The molecule has 0 aromatic heterocycles. The van der Waals surface area contributed by atoms with E-state index in [1.54, 1.807) is 35.0 Å². The van der Waals surface area contributed by atoms with Gasteiger partial charge in [-0.3, -0.25) is 4.79 Å². The van der Waals surface area contributed by atoms with Gasteiger partial charge in [-0.05, 0) is 51.2 Å². The largest absolute Gasteiger partial charge is 0.444 e. The molecule has 0 bridgehead atoms. The SMILES string of the molecule is CN(CC1CCN(C(=O)OC(C)(C)C)CC1)C(=O)Cc1ccccc1F. The van der Waals surface area contributed by atoms with Crippen LogP contribution in [0, 0.1) is 11.7 Å². The van der Waals surface area contributed by atoms with Gasteiger partial charge in [0.1, 0.15) is 11.4 Å². The minimum Gasteiger partial charge on any atom is -0.444 e. The topological polar surface area (TPSA) is 49.9 Å². The van der Waals surface area contributed by atoms with E-state index in [9.17, 15) is 14.0 Å². The third-order valence-electron chi connectivity index (χ3n) is 4.52. The molecule has 1 aromatic rings. The van der Waals surface area contributed by atoms with E-state index in [4.69, 9.17) is 4.74 Å². The first-order valence-corrected chi connectivity index (χ1v) is 9.11. The number of carbonyl (C=O) groups is 2. The first-order chi connectivity index (χ1) is 12.2. The first-order valence-electron chi connectivity index (χ1n) is 9.11. The monoisotopic (exact) mass is 364 g/mol. The highest BCUT2D eigenvalue weighted by Crippen LogP contribution is 2.21. The van der Waals surface area contributed by atoms with Crippen LogP contribution in [0.1, 0.15) is 39.2 Å². The lowest BCUT2D eigenvalue weighted by Gasteiger charge is -2.34. The predicted octanol–water partition coefficient (Wildman–Crippen LogP) is 3.47. The van der Waals surface area contributed by atoms with Crippen LogP contribution in [0.15, 0.2) is 24.3 Å². The summed E-state index contributed by atoms with van der Waals surface area (Å²) in [6.07, 6.45) is 1.45. The molecule has 0 N–H and O–H groups in total. The number of hydrogen-bond donors (Lipinski definition) is 0. The third-order valence-corrected chi connectivity index (χ3v) is 4.52. The van der Waals surface area contributed by atoms with E-state index >= 15 is 0 Å². The Kier molecular flexibility index (Phi) is 6.62. The molecule has 144 valence electrons. The molecule has 0 atom stereocenters. The quantitative estimate of drug-likeness (QED) is 0.822. The van der Waals surface area contributed by atoms with Crippen molar-refractivity contribution in [2.45, 2.75) is 45.6 Å². The molecule has 1 heterocycles. The zero-order chi connectivity index (χ0) is 19.3. The smallest absolute Gasteiger partial charge is 0.410 e. The summed E-state index contributed by atoms with van der Waals surface area (Å²) < 4.78 is 19.1. The molecule has 26 heavy (non-hydrogen) atoms. The summed E-state index contributed by atoms with van der Waals surface area (Å²) in [5.41, 5.74) is -0.0723. The maximum atomic E-state index is 13.7. The number of likely N-dealkylation sites (tertiary alicyclic amines) is 1. The number of carbonyl (C=O) groups excluding carboxylic acids is 2. The van der Waals surface area contributed by atoms with Crippen molar-refractivity contribution in [2.24, 2.45) is 5.92 Å². The molecule has 1 aromatic carbocycles. The van der Waals surface area contributed by atoms with Gasteiger partial charge in [-0.25, -0.2) is 9.18 Å². The van der Waals surface area contributed by atoms with E-state index in [-0.39, 0.29) is 24.2 Å². The second-order valence-corrected chi connectivity index (χ2v) is 7.95. The van der Waals surface area contributed by atoms with Gasteiger partial charge in [0.2, 0.25) is 5.91 Å². The number of likely N-dealkylation sites (N-methyl/N-ethyl adjacent to an activating group) is 1. The lowest BCUT2D eigenvalue weighted by molar-refractivity contribution is -0.130. The van der Waals surface area contributed by atoms with Gasteiger partial charge in [-0.2, -0.15) is 0 Å². The van der Waals surface area contributed by atoms with E-state index in [2.05, 4.69) is 0 Å². The van der Waals surface area contributed by atoms with Crippen LogP contribution in [-0.2, 0) is 16.0 Å². The summed E-state index contributed by atoms with van der Waals surface area (Å²) in [5.74, 6) is -0.104. The molecule has 0 saturated carbocycles. The lowest BCUT2D eigenvalue weighted by Crippen LogP contribution is -2.44. The van der Waals surface area contributed by atoms with E-state index in [1.807, 2.05) is 20.8 Å². The van der Waals surface area contributed by atoms with Crippen LogP contribution in [0.4, 0.5) is 9.18 Å². The van der Waals surface area contributed by atoms with Crippen LogP contribution >= 0.6 is 0 Å². The predicted molar refractivity (Wildman–Crippen MR) is 98.3 cm³/mol. The van der Waals surface area contributed by atoms with Gasteiger partial charge in [0.05, 0.1) is 6.42 Å². The van der Waals surface area contributed by atoms with Gasteiger partial charge >= 0.3 is 6.09 Å². The number of rotatable bonds is 4. The van der Waals surface area contributed by atoms with Crippen molar-refractivity contribution < 1.29 is 18.7 Å². The molecule has 0 unspecified atom stereocenters. The highest BCUT2D eigenvalue weighted by molar-refractivity contribution is 5.78. The molecule has 5 nitrogen and oxygen atoms in total. The molecule has 0 spiro atoms. The van der Waals surface area contributed by atoms with Crippen LogP contribution in [0.2, 0.25) is 0 Å². The zero-order valence-corrected chi connectivity index (χ0v) is 16.1. The molecular weight excluding hydrogens is 335 g/mol. The summed E-state index contributed by atoms with van der Waals surface area (Å²) in [6, 6.07) is 6.36. The van der Waals surface area contributed by atoms with Crippen molar-refractivity contribution >= 4 is 12.0 Å². The van der Waals surface area contributed by atoms with E-state index < -0.39 is 5.60 Å². The highest BCUT2D eigenvalue weighted by atomic mass is 19.1. The van der Waals surface area contributed by atoms with Crippen molar-refractivity contribution in [3.8, 4) is 0 Å². The standard InChI is InChI=1S/C20H29FN2O3/c1-20(2,3)26-19(25)23-11-9-15(10-12-23)14-22(4)18(24)13-16-7-5-6-8-17(16)21/h5-8,15H,9-14H2,1-4H3. The van der Waals surface area contributed by atoms with E-state index in [1.165, 1.54) is 6.07 Å². The van der Waals surface area contributed by atoms with Crippen molar-refractivity contribution in [2.75, 3.05) is 26.7 Å². The van der Waals surface area contributed by atoms with Gasteiger partial charge < -0.3 is 14.5 Å². The Labute approximate surface area is 155 Å². The number of halogens is 1. The van der Waals surface area contributed by atoms with Gasteiger partial charge in [0, 0.05) is 26.7 Å². The van der Waals surface area contributed by atoms with Crippen LogP contribution in [-0.4, -0.2) is 54.1 Å². The Morgan fingerprint density at radius 2 is 1.85 bits per heavy atom. The second-order valence-electron chi connectivity index (χ2n) is 7.95. The minimum atomic E-state index is -0.493. The molecule has 2 rings (SSSR count). The molecule has 1 aliphatic heterocycles. The van der Waals surface area contributed by atoms with Crippen molar-refractivity contribution in [3.63, 3.8) is 0 Å². The summed E-state index contributed by atoms with van der Waals surface area (Å²) >= 11 is 0. The Balaban J connectivity index is 1.79. The normalized spacial score (nSPS) is 15.7. The van der Waals surface area contributed by atoms with Gasteiger partial charge in [0.15, 0.2) is 0 Å². The number of nitrogens with zero attached hydrogens (tertiary/aromatic N) is 2. The van der Waals surface area contributed by atoms with E-state index in [0.29, 0.717) is 31.1 Å². The molecule has 6 heteroatoms. The van der Waals surface area contributed by atoms with Crippen LogP contribution < -0.4 is 0 Å². The van der Waals surface area contributed by atoms with Crippen molar-refractivity contribution in [3.05, 3.63) is 35.6 Å². The number of piperidine rings is 1. The fraction of sp³-hybridized carbons (Fsp3) is 0.600. The Morgan fingerprint density at radius 3 is 2.42 bits per heavy atom. The van der Waals surface area contributed by atoms with Gasteiger partial charge in [0.25, 0.3) is 0 Å². The first kappa shape index (κ1) is 20.2. The summed E-state index contributed by atoms with van der Waals surface area (Å²) in [5, 5.41) is 0. The van der Waals surface area contributed by atoms with Crippen LogP contribution in [0.25, 0.3) is 0 Å².